The van der Waals surface area contributed by atoms with E-state index in [-0.39, 0.29) is 10.8 Å². The minimum Gasteiger partial charge on any atom is -0.494 e. The van der Waals surface area contributed by atoms with Gasteiger partial charge in [0.25, 0.3) is 0 Å². The Bertz CT molecular complexity index is 1350. The highest BCUT2D eigenvalue weighted by Gasteiger charge is 2.23. The summed E-state index contributed by atoms with van der Waals surface area (Å²) in [6.45, 7) is 16.7. The lowest BCUT2D eigenvalue weighted by atomic mass is 9.78. The van der Waals surface area contributed by atoms with Gasteiger partial charge < -0.3 is 9.47 Å². The highest BCUT2D eigenvalue weighted by atomic mass is 16.5. The molecule has 0 bridgehead atoms. The molecule has 0 amide bonds. The Balaban J connectivity index is 0.000000202. The molecule has 0 aliphatic carbocycles. The van der Waals surface area contributed by atoms with E-state index in [1.807, 2.05) is 43.3 Å². The smallest absolute Gasteiger partial charge is 0.119 e. The molecule has 0 atom stereocenters. The maximum Gasteiger partial charge on any atom is 0.119 e. The van der Waals surface area contributed by atoms with E-state index in [4.69, 9.17) is 9.47 Å². The molecule has 0 saturated carbocycles. The van der Waals surface area contributed by atoms with Crippen molar-refractivity contribution in [1.82, 2.24) is 0 Å². The van der Waals surface area contributed by atoms with Crippen LogP contribution in [0.1, 0.15) is 73.6 Å². The average molecular weight is 587 g/mol. The lowest BCUT2D eigenvalue weighted by Crippen LogP contribution is -2.18. The fourth-order valence-electron chi connectivity index (χ4n) is 4.98. The van der Waals surface area contributed by atoms with Crippen molar-refractivity contribution in [3.63, 3.8) is 0 Å². The third-order valence-electron chi connectivity index (χ3n) is 8.09. The molecule has 0 saturated heterocycles. The van der Waals surface area contributed by atoms with Gasteiger partial charge in [-0.25, -0.2) is 0 Å². The Morgan fingerprint density at radius 1 is 0.477 bits per heavy atom. The molecule has 0 N–H and O–H groups in total. The summed E-state index contributed by atoms with van der Waals surface area (Å²) in [5, 5.41) is 0. The number of hydrogen-bond donors (Lipinski definition) is 0. The Hall–Kier alpha value is -4.14. The minimum atomic E-state index is 0.0123. The van der Waals surface area contributed by atoms with E-state index >= 15 is 0 Å². The summed E-state index contributed by atoms with van der Waals surface area (Å²) in [6, 6.07) is 46.7. The molecule has 0 radical (unpaired) electrons. The third-order valence-corrected chi connectivity index (χ3v) is 8.09. The normalized spacial score (nSPS) is 11.0. The first kappa shape index (κ1) is 34.4. The predicted molar refractivity (Wildman–Crippen MR) is 188 cm³/mol. The zero-order chi connectivity index (χ0) is 32.0. The van der Waals surface area contributed by atoms with Crippen LogP contribution in [0.25, 0.3) is 0 Å². The van der Waals surface area contributed by atoms with Crippen LogP contribution in [0.5, 0.6) is 5.75 Å². The topological polar surface area (TPSA) is 18.5 Å². The van der Waals surface area contributed by atoms with Gasteiger partial charge in [-0.2, -0.15) is 0 Å². The molecule has 0 heterocycles. The van der Waals surface area contributed by atoms with Crippen LogP contribution in [0.15, 0.2) is 133 Å². The fourth-order valence-corrected chi connectivity index (χ4v) is 4.98. The number of benzene rings is 5. The maximum absolute atomic E-state index is 5.49. The van der Waals surface area contributed by atoms with Crippen molar-refractivity contribution in [3.05, 3.63) is 172 Å². The number of aryl methyl sites for hydroxylation is 2. The molecule has 2 heteroatoms. The van der Waals surface area contributed by atoms with E-state index < -0.39 is 0 Å². The standard InChI is InChI=1S/2C18H22O.C6H6/c1-14-5-9-16(10-6-14)18(2,3)17-11-7-15(8-12-17)13-19-4;1-5-19-17-12-10-16(11-13-17)18(3,4)15-8-6-14(2)7-9-15;1-2-4-6-5-3-1/h5-12H,13H2,1-4H3;6-13H,5H2,1-4H3;1-6H. The SMILES string of the molecule is CCOc1ccc(C(C)(C)c2ccc(C)cc2)cc1.COCc1ccc(C(C)(C)c2ccc(C)cc2)cc1.c1ccccc1. The van der Waals surface area contributed by atoms with Crippen molar-refractivity contribution in [3.8, 4) is 5.75 Å². The summed E-state index contributed by atoms with van der Waals surface area (Å²) in [4.78, 5) is 0. The molecule has 5 aromatic carbocycles. The second-order valence-corrected chi connectivity index (χ2v) is 12.2. The molecule has 0 aliphatic rings. The second-order valence-electron chi connectivity index (χ2n) is 12.2. The van der Waals surface area contributed by atoms with Crippen LogP contribution in [0, 0.1) is 13.8 Å². The predicted octanol–water partition coefficient (Wildman–Crippen LogP) is 10.9. The molecule has 230 valence electrons. The van der Waals surface area contributed by atoms with Gasteiger partial charge >= 0.3 is 0 Å². The van der Waals surface area contributed by atoms with Crippen molar-refractivity contribution in [2.24, 2.45) is 0 Å². The first-order chi connectivity index (χ1) is 21.1. The summed E-state index contributed by atoms with van der Waals surface area (Å²) in [6.07, 6.45) is 0. The van der Waals surface area contributed by atoms with Gasteiger partial charge in [0.05, 0.1) is 13.2 Å². The van der Waals surface area contributed by atoms with Crippen molar-refractivity contribution in [2.45, 2.75) is 65.9 Å². The van der Waals surface area contributed by atoms with Gasteiger partial charge in [-0.05, 0) is 60.7 Å². The Kier molecular flexibility index (Phi) is 13.0. The Morgan fingerprint density at radius 3 is 1.11 bits per heavy atom. The van der Waals surface area contributed by atoms with Crippen molar-refractivity contribution >= 4 is 0 Å². The first-order valence-corrected chi connectivity index (χ1v) is 15.5. The third kappa shape index (κ3) is 9.96. The van der Waals surface area contributed by atoms with E-state index in [0.29, 0.717) is 13.2 Å². The highest BCUT2D eigenvalue weighted by Crippen LogP contribution is 2.33. The van der Waals surface area contributed by atoms with Gasteiger partial charge in [0.15, 0.2) is 0 Å². The average Bonchev–Trinajstić information content (AvgIpc) is 3.04. The lowest BCUT2D eigenvalue weighted by Gasteiger charge is -2.26. The van der Waals surface area contributed by atoms with Gasteiger partial charge in [-0.3, -0.25) is 0 Å². The van der Waals surface area contributed by atoms with Crippen LogP contribution in [0.2, 0.25) is 0 Å². The maximum atomic E-state index is 5.49. The second kappa shape index (κ2) is 16.6. The molecule has 0 aliphatic heterocycles. The van der Waals surface area contributed by atoms with Crippen LogP contribution >= 0.6 is 0 Å². The van der Waals surface area contributed by atoms with Crippen molar-refractivity contribution in [1.29, 1.82) is 0 Å². The summed E-state index contributed by atoms with van der Waals surface area (Å²) >= 11 is 0. The van der Waals surface area contributed by atoms with Crippen LogP contribution in [-0.4, -0.2) is 13.7 Å². The number of rotatable bonds is 8. The van der Waals surface area contributed by atoms with E-state index in [0.717, 1.165) is 5.75 Å². The molecule has 5 aromatic rings. The molecule has 44 heavy (non-hydrogen) atoms. The molecule has 0 fully saturated rings. The van der Waals surface area contributed by atoms with Gasteiger partial charge in [0.2, 0.25) is 0 Å². The van der Waals surface area contributed by atoms with Gasteiger partial charge in [-0.15, -0.1) is 0 Å². The number of ether oxygens (including phenoxy) is 2. The van der Waals surface area contributed by atoms with Gasteiger partial charge in [0, 0.05) is 17.9 Å². The largest absolute Gasteiger partial charge is 0.494 e. The molecule has 0 unspecified atom stereocenters. The summed E-state index contributed by atoms with van der Waals surface area (Å²) in [5.41, 5.74) is 9.17. The summed E-state index contributed by atoms with van der Waals surface area (Å²) in [5.74, 6) is 0.936. The van der Waals surface area contributed by atoms with Crippen molar-refractivity contribution < 1.29 is 9.47 Å². The van der Waals surface area contributed by atoms with E-state index in [1.54, 1.807) is 7.11 Å². The highest BCUT2D eigenvalue weighted by molar-refractivity contribution is 5.41. The van der Waals surface area contributed by atoms with E-state index in [1.165, 1.54) is 38.9 Å². The van der Waals surface area contributed by atoms with E-state index in [2.05, 4.69) is 139 Å². The number of methoxy groups -OCH3 is 1. The van der Waals surface area contributed by atoms with Crippen LogP contribution in [0.3, 0.4) is 0 Å². The molecule has 0 aromatic heterocycles. The lowest BCUT2D eigenvalue weighted by molar-refractivity contribution is 0.185. The monoisotopic (exact) mass is 586 g/mol. The summed E-state index contributed by atoms with van der Waals surface area (Å²) in [7, 11) is 1.73. The van der Waals surface area contributed by atoms with Gasteiger partial charge in [-0.1, -0.05) is 160 Å². The molecule has 2 nitrogen and oxygen atoms in total. The molecule has 5 rings (SSSR count). The summed E-state index contributed by atoms with van der Waals surface area (Å²) < 4.78 is 10.6. The zero-order valence-electron chi connectivity index (χ0n) is 27.9. The Labute approximate surface area is 266 Å². The van der Waals surface area contributed by atoms with Crippen molar-refractivity contribution in [2.75, 3.05) is 13.7 Å². The van der Waals surface area contributed by atoms with Crippen LogP contribution in [-0.2, 0) is 22.2 Å². The fraction of sp³-hybridized carbons (Fsp3) is 0.286. The first-order valence-electron chi connectivity index (χ1n) is 15.5. The molecule has 0 spiro atoms. The van der Waals surface area contributed by atoms with E-state index in [9.17, 15) is 0 Å². The quantitative estimate of drug-likeness (QED) is 0.180. The van der Waals surface area contributed by atoms with Crippen LogP contribution < -0.4 is 4.74 Å². The van der Waals surface area contributed by atoms with Crippen LogP contribution in [0.4, 0.5) is 0 Å². The molecular weight excluding hydrogens is 536 g/mol. The Morgan fingerprint density at radius 2 is 0.795 bits per heavy atom. The molecular formula is C42H50O2. The zero-order valence-corrected chi connectivity index (χ0v) is 27.9. The van der Waals surface area contributed by atoms with Gasteiger partial charge in [0.1, 0.15) is 5.75 Å². The minimum absolute atomic E-state index is 0.0123. The number of hydrogen-bond acceptors (Lipinski definition) is 2.